The van der Waals surface area contributed by atoms with E-state index in [9.17, 15) is 18.5 Å². The number of nitrogens with zero attached hydrogens (tertiary/aromatic N) is 3. The summed E-state index contributed by atoms with van der Waals surface area (Å²) in [6, 6.07) is 13.2. The third-order valence-electron chi connectivity index (χ3n) is 3.94. The van der Waals surface area contributed by atoms with Crippen molar-refractivity contribution in [3.8, 4) is 6.07 Å². The van der Waals surface area contributed by atoms with Gasteiger partial charge in [0, 0.05) is 11.0 Å². The summed E-state index contributed by atoms with van der Waals surface area (Å²) < 4.78 is 30.0. The number of hydrogen-bond acceptors (Lipinski definition) is 9. The topological polar surface area (TPSA) is 126 Å². The van der Waals surface area contributed by atoms with Crippen LogP contribution in [0.1, 0.15) is 25.2 Å². The monoisotopic (exact) mass is 488 g/mol. The number of carbonyl (C=O) groups excluding carboxylic acids is 1. The third-order valence-corrected chi connectivity index (χ3v) is 8.23. The number of hydrogen-bond donors (Lipinski definition) is 1. The molecule has 11 heteroatoms. The van der Waals surface area contributed by atoms with Crippen LogP contribution in [0.15, 0.2) is 60.7 Å². The van der Waals surface area contributed by atoms with Crippen LogP contribution in [-0.4, -0.2) is 30.3 Å². The summed E-state index contributed by atoms with van der Waals surface area (Å²) in [5.74, 6) is -0.540. The van der Waals surface area contributed by atoms with Crippen LogP contribution in [0.4, 0.5) is 5.13 Å². The standard InChI is InChI=1S/C21H20N4O4S3/c1-13(2)12-32(27,28)21-25-24-20(31-21)23-19(26)15(11-22)10-16-6-9-18(29-16)30-17-7-4-14(3)5-8-17/h4-10,13H,12H2,1-3H3,(H,23,24,26)/b15-10-. The highest BCUT2D eigenvalue weighted by atomic mass is 32.2. The molecule has 166 valence electrons. The molecule has 1 amide bonds. The minimum atomic E-state index is -3.58. The number of amides is 1. The van der Waals surface area contributed by atoms with E-state index < -0.39 is 15.7 Å². The van der Waals surface area contributed by atoms with Gasteiger partial charge in [-0.1, -0.05) is 54.6 Å². The molecule has 0 radical (unpaired) electrons. The predicted octanol–water partition coefficient (Wildman–Crippen LogP) is 4.57. The molecule has 0 saturated carbocycles. The molecule has 0 aliphatic heterocycles. The maximum absolute atomic E-state index is 12.5. The molecule has 2 aromatic heterocycles. The van der Waals surface area contributed by atoms with Gasteiger partial charge in [0.05, 0.1) is 5.75 Å². The number of aromatic nitrogens is 2. The molecule has 1 N–H and O–H groups in total. The summed E-state index contributed by atoms with van der Waals surface area (Å²) in [5, 5.41) is 19.8. The number of benzene rings is 1. The van der Waals surface area contributed by atoms with Gasteiger partial charge >= 0.3 is 0 Å². The van der Waals surface area contributed by atoms with Crippen molar-refractivity contribution in [2.75, 3.05) is 11.1 Å². The molecule has 0 unspecified atom stereocenters. The fourth-order valence-corrected chi connectivity index (χ4v) is 5.93. The van der Waals surface area contributed by atoms with E-state index in [2.05, 4.69) is 15.5 Å². The molecular weight excluding hydrogens is 468 g/mol. The summed E-state index contributed by atoms with van der Waals surface area (Å²) in [7, 11) is -3.58. The smallest absolute Gasteiger partial charge is 0.268 e. The summed E-state index contributed by atoms with van der Waals surface area (Å²) >= 11 is 2.16. The Morgan fingerprint density at radius 1 is 1.25 bits per heavy atom. The zero-order valence-electron chi connectivity index (χ0n) is 17.5. The summed E-state index contributed by atoms with van der Waals surface area (Å²) in [5.41, 5.74) is 0.940. The molecule has 0 bridgehead atoms. The highest BCUT2D eigenvalue weighted by molar-refractivity contribution is 7.99. The van der Waals surface area contributed by atoms with E-state index in [0.29, 0.717) is 10.9 Å². The van der Waals surface area contributed by atoms with Gasteiger partial charge in [0.15, 0.2) is 5.09 Å². The van der Waals surface area contributed by atoms with E-state index in [1.54, 1.807) is 26.0 Å². The molecule has 2 heterocycles. The summed E-state index contributed by atoms with van der Waals surface area (Å²) in [4.78, 5) is 13.5. The Balaban J connectivity index is 1.69. The first kappa shape index (κ1) is 23.7. The van der Waals surface area contributed by atoms with E-state index >= 15 is 0 Å². The average molecular weight is 489 g/mol. The van der Waals surface area contributed by atoms with Crippen LogP contribution in [0, 0.1) is 24.2 Å². The van der Waals surface area contributed by atoms with Gasteiger partial charge in [-0.25, -0.2) is 8.42 Å². The summed E-state index contributed by atoms with van der Waals surface area (Å²) in [6.07, 6.45) is 1.31. The van der Waals surface area contributed by atoms with Crippen molar-refractivity contribution in [3.63, 3.8) is 0 Å². The quantitative estimate of drug-likeness (QED) is 0.278. The zero-order chi connectivity index (χ0) is 23.3. The third kappa shape index (κ3) is 6.29. The van der Waals surface area contributed by atoms with Gasteiger partial charge in [-0.2, -0.15) is 5.26 Å². The zero-order valence-corrected chi connectivity index (χ0v) is 20.0. The van der Waals surface area contributed by atoms with Gasteiger partial charge in [-0.3, -0.25) is 10.1 Å². The average Bonchev–Trinajstić information content (AvgIpc) is 3.37. The number of sulfone groups is 1. The fourth-order valence-electron chi connectivity index (χ4n) is 2.54. The van der Waals surface area contributed by atoms with Crippen molar-refractivity contribution < 1.29 is 17.6 Å². The minimum absolute atomic E-state index is 0.00598. The van der Waals surface area contributed by atoms with Crippen LogP contribution in [0.3, 0.4) is 0 Å². The summed E-state index contributed by atoms with van der Waals surface area (Å²) in [6.45, 7) is 5.57. The van der Waals surface area contributed by atoms with Crippen molar-refractivity contribution in [2.24, 2.45) is 5.92 Å². The van der Waals surface area contributed by atoms with Gasteiger partial charge in [0.2, 0.25) is 19.3 Å². The second-order valence-corrected chi connectivity index (χ2v) is 11.5. The molecule has 3 rings (SSSR count). The molecule has 1 aromatic carbocycles. The minimum Gasteiger partial charge on any atom is -0.450 e. The number of nitrogens with one attached hydrogen (secondary N) is 1. The Labute approximate surface area is 194 Å². The van der Waals surface area contributed by atoms with Crippen LogP contribution in [-0.2, 0) is 14.6 Å². The maximum Gasteiger partial charge on any atom is 0.268 e. The molecule has 32 heavy (non-hydrogen) atoms. The van der Waals surface area contributed by atoms with E-state index in [1.165, 1.54) is 17.8 Å². The van der Waals surface area contributed by atoms with E-state index in [4.69, 9.17) is 4.42 Å². The normalized spacial score (nSPS) is 12.0. The lowest BCUT2D eigenvalue weighted by Gasteiger charge is -2.02. The van der Waals surface area contributed by atoms with Gasteiger partial charge in [-0.15, -0.1) is 10.2 Å². The van der Waals surface area contributed by atoms with Crippen molar-refractivity contribution in [1.29, 1.82) is 5.26 Å². The lowest BCUT2D eigenvalue weighted by Crippen LogP contribution is -2.13. The Morgan fingerprint density at radius 2 is 1.97 bits per heavy atom. The molecule has 0 atom stereocenters. The van der Waals surface area contributed by atoms with Gasteiger partial charge < -0.3 is 4.42 Å². The first-order valence-corrected chi connectivity index (χ1v) is 12.8. The lowest BCUT2D eigenvalue weighted by molar-refractivity contribution is -0.112. The fraction of sp³-hybridized carbons (Fsp3) is 0.238. The van der Waals surface area contributed by atoms with Gasteiger partial charge in [-0.05, 0) is 37.1 Å². The van der Waals surface area contributed by atoms with Crippen molar-refractivity contribution in [1.82, 2.24) is 10.2 Å². The number of furan rings is 1. The molecule has 8 nitrogen and oxygen atoms in total. The Morgan fingerprint density at radius 3 is 2.62 bits per heavy atom. The Bertz CT molecular complexity index is 1280. The van der Waals surface area contributed by atoms with Crippen LogP contribution < -0.4 is 5.32 Å². The number of nitriles is 1. The van der Waals surface area contributed by atoms with Gasteiger partial charge in [0.1, 0.15) is 17.4 Å². The molecule has 0 aliphatic carbocycles. The number of rotatable bonds is 8. The van der Waals surface area contributed by atoms with Crippen molar-refractivity contribution in [2.45, 2.75) is 35.1 Å². The largest absolute Gasteiger partial charge is 0.450 e. The second-order valence-electron chi connectivity index (χ2n) is 7.24. The van der Waals surface area contributed by atoms with Crippen molar-refractivity contribution in [3.05, 3.63) is 53.3 Å². The molecule has 0 saturated heterocycles. The van der Waals surface area contributed by atoms with E-state index in [1.807, 2.05) is 37.3 Å². The first-order chi connectivity index (χ1) is 15.2. The molecule has 0 fully saturated rings. The number of aryl methyl sites for hydroxylation is 1. The van der Waals surface area contributed by atoms with Crippen LogP contribution in [0.5, 0.6) is 0 Å². The highest BCUT2D eigenvalue weighted by Crippen LogP contribution is 2.30. The maximum atomic E-state index is 12.5. The molecular formula is C21H20N4O4S3. The predicted molar refractivity (Wildman–Crippen MR) is 123 cm³/mol. The first-order valence-electron chi connectivity index (χ1n) is 9.50. The van der Waals surface area contributed by atoms with Crippen LogP contribution in [0.25, 0.3) is 6.08 Å². The van der Waals surface area contributed by atoms with Crippen LogP contribution >= 0.6 is 23.1 Å². The van der Waals surface area contributed by atoms with E-state index in [0.717, 1.165) is 21.8 Å². The molecule has 0 aliphatic rings. The number of anilines is 1. The lowest BCUT2D eigenvalue weighted by atomic mass is 10.2. The highest BCUT2D eigenvalue weighted by Gasteiger charge is 2.23. The van der Waals surface area contributed by atoms with Gasteiger partial charge in [0.25, 0.3) is 5.91 Å². The Kier molecular flexibility index (Phi) is 7.50. The second kappa shape index (κ2) is 10.1. The Hall–Kier alpha value is -2.94. The SMILES string of the molecule is Cc1ccc(Sc2ccc(/C=C(/C#N)C(=O)Nc3nnc(S(=O)(=O)CC(C)C)s3)o2)cc1. The van der Waals surface area contributed by atoms with Crippen LogP contribution in [0.2, 0.25) is 0 Å². The van der Waals surface area contributed by atoms with E-state index in [-0.39, 0.29) is 26.7 Å². The molecule has 0 spiro atoms. The number of carbonyl (C=O) groups is 1. The molecule has 3 aromatic rings. The van der Waals surface area contributed by atoms with Crippen molar-refractivity contribution >= 4 is 50.1 Å².